The number of anilines is 1. The predicted octanol–water partition coefficient (Wildman–Crippen LogP) is 2.62. The van der Waals surface area contributed by atoms with Crippen molar-refractivity contribution in [2.75, 3.05) is 11.6 Å². The molecule has 1 amide bonds. The van der Waals surface area contributed by atoms with E-state index in [1.54, 1.807) is 24.3 Å². The molecule has 3 rings (SSSR count). The first kappa shape index (κ1) is 17.8. The zero-order valence-corrected chi connectivity index (χ0v) is 15.1. The van der Waals surface area contributed by atoms with Crippen LogP contribution in [0.3, 0.4) is 0 Å². The van der Waals surface area contributed by atoms with E-state index < -0.39 is 9.84 Å². The topological polar surface area (TPSA) is 102 Å². The minimum absolute atomic E-state index is 0.0148. The molecule has 3 aromatic rings. The van der Waals surface area contributed by atoms with Gasteiger partial charge >= 0.3 is 6.01 Å². The largest absolute Gasteiger partial charge is 0.407 e. The molecule has 1 heterocycles. The second kappa shape index (κ2) is 7.09. The van der Waals surface area contributed by atoms with Crippen LogP contribution in [0.4, 0.5) is 6.01 Å². The normalized spacial score (nSPS) is 11.3. The van der Waals surface area contributed by atoms with Crippen LogP contribution >= 0.6 is 0 Å². The zero-order valence-electron chi connectivity index (χ0n) is 14.3. The summed E-state index contributed by atoms with van der Waals surface area (Å²) in [6.07, 6.45) is 1.49. The molecule has 0 atom stereocenters. The van der Waals surface area contributed by atoms with E-state index in [0.717, 1.165) is 17.4 Å². The van der Waals surface area contributed by atoms with Crippen LogP contribution in [0.1, 0.15) is 27.4 Å². The summed E-state index contributed by atoms with van der Waals surface area (Å²) in [7, 11) is -3.23. The van der Waals surface area contributed by atoms with Crippen LogP contribution in [0.25, 0.3) is 0 Å². The number of hydrogen-bond donors (Lipinski definition) is 1. The summed E-state index contributed by atoms with van der Waals surface area (Å²) in [6.45, 7) is 1.84. The third-order valence-electron chi connectivity index (χ3n) is 3.78. The molecule has 0 saturated carbocycles. The van der Waals surface area contributed by atoms with Gasteiger partial charge in [-0.3, -0.25) is 10.1 Å². The summed E-state index contributed by atoms with van der Waals surface area (Å²) in [5.74, 6) is -0.00649. The molecule has 1 N–H and O–H groups in total. The number of benzene rings is 2. The predicted molar refractivity (Wildman–Crippen MR) is 95.8 cm³/mol. The first-order chi connectivity index (χ1) is 12.3. The highest BCUT2D eigenvalue weighted by molar-refractivity contribution is 7.90. The Kier molecular flexibility index (Phi) is 4.85. The molecule has 134 valence electrons. The zero-order chi connectivity index (χ0) is 18.7. The Hall–Kier alpha value is -3.00. The fraction of sp³-hybridized carbons (Fsp3) is 0.167. The van der Waals surface area contributed by atoms with E-state index in [1.807, 2.05) is 19.1 Å². The van der Waals surface area contributed by atoms with E-state index in [1.165, 1.54) is 12.1 Å². The van der Waals surface area contributed by atoms with Gasteiger partial charge in [0.25, 0.3) is 5.91 Å². The number of nitrogens with zero attached hydrogens (tertiary/aromatic N) is 2. The van der Waals surface area contributed by atoms with Crippen LogP contribution in [0.15, 0.2) is 57.8 Å². The summed E-state index contributed by atoms with van der Waals surface area (Å²) in [4.78, 5) is 12.5. The third-order valence-corrected chi connectivity index (χ3v) is 4.91. The number of sulfone groups is 1. The number of rotatable bonds is 5. The van der Waals surface area contributed by atoms with E-state index in [2.05, 4.69) is 15.5 Å². The fourth-order valence-electron chi connectivity index (χ4n) is 2.40. The number of nitrogens with one attached hydrogen (secondary N) is 1. The molecule has 26 heavy (non-hydrogen) atoms. The monoisotopic (exact) mass is 371 g/mol. The average Bonchev–Trinajstić information content (AvgIpc) is 3.01. The number of carbonyl (C=O) groups is 1. The highest BCUT2D eigenvalue weighted by atomic mass is 32.2. The molecule has 0 spiro atoms. The van der Waals surface area contributed by atoms with Crippen LogP contribution in [0, 0.1) is 6.92 Å². The smallest absolute Gasteiger partial charge is 0.322 e. The molecule has 8 heteroatoms. The molecule has 0 aliphatic rings. The quantitative estimate of drug-likeness (QED) is 0.740. The molecular formula is C18H17N3O4S. The van der Waals surface area contributed by atoms with Crippen molar-refractivity contribution < 1.29 is 17.6 Å². The van der Waals surface area contributed by atoms with Crippen LogP contribution < -0.4 is 5.32 Å². The molecule has 0 saturated heterocycles. The number of aromatic nitrogens is 2. The fourth-order valence-corrected chi connectivity index (χ4v) is 3.03. The van der Waals surface area contributed by atoms with Crippen molar-refractivity contribution in [3.63, 3.8) is 0 Å². The lowest BCUT2D eigenvalue weighted by atomic mass is 10.1. The van der Waals surface area contributed by atoms with Crippen molar-refractivity contribution in [1.82, 2.24) is 10.2 Å². The minimum atomic E-state index is -3.23. The summed E-state index contributed by atoms with van der Waals surface area (Å²) in [6, 6.07) is 13.6. The van der Waals surface area contributed by atoms with Crippen LogP contribution in [-0.4, -0.2) is 30.8 Å². The van der Waals surface area contributed by atoms with Gasteiger partial charge in [-0.05, 0) is 36.2 Å². The van der Waals surface area contributed by atoms with E-state index >= 15 is 0 Å². The molecule has 1 aromatic heterocycles. The van der Waals surface area contributed by atoms with Crippen molar-refractivity contribution in [2.24, 2.45) is 0 Å². The minimum Gasteiger partial charge on any atom is -0.407 e. The molecule has 7 nitrogen and oxygen atoms in total. The maximum Gasteiger partial charge on any atom is 0.322 e. The number of amides is 1. The Balaban J connectivity index is 1.68. The molecule has 0 unspecified atom stereocenters. The summed E-state index contributed by atoms with van der Waals surface area (Å²) >= 11 is 0. The van der Waals surface area contributed by atoms with Gasteiger partial charge in [0.05, 0.1) is 11.3 Å². The van der Waals surface area contributed by atoms with Gasteiger partial charge in [-0.25, -0.2) is 8.42 Å². The lowest BCUT2D eigenvalue weighted by Gasteiger charge is -2.03. The summed E-state index contributed by atoms with van der Waals surface area (Å²) in [5.41, 5.74) is 2.19. The molecule has 0 bridgehead atoms. The van der Waals surface area contributed by atoms with Crippen molar-refractivity contribution in [3.05, 3.63) is 71.1 Å². The van der Waals surface area contributed by atoms with Crippen molar-refractivity contribution in [2.45, 2.75) is 18.2 Å². The molecule has 0 fully saturated rings. The van der Waals surface area contributed by atoms with E-state index in [4.69, 9.17) is 4.42 Å². The van der Waals surface area contributed by atoms with Crippen LogP contribution in [0.5, 0.6) is 0 Å². The average molecular weight is 371 g/mol. The number of hydrogen-bond acceptors (Lipinski definition) is 6. The lowest BCUT2D eigenvalue weighted by Crippen LogP contribution is -2.13. The standard InChI is InChI=1S/C18H17N3O4S/c1-12-5-3-4-6-15(12)17(22)19-18-21-20-16(25-18)11-13-7-9-14(10-8-13)26(2,23)24/h3-10H,11H2,1-2H3,(H,19,21,22). The van der Waals surface area contributed by atoms with Gasteiger partial charge in [-0.15, -0.1) is 5.10 Å². The van der Waals surface area contributed by atoms with Crippen molar-refractivity contribution in [3.8, 4) is 0 Å². The van der Waals surface area contributed by atoms with Gasteiger partial charge in [0.2, 0.25) is 5.89 Å². The van der Waals surface area contributed by atoms with Gasteiger partial charge in [-0.1, -0.05) is 35.4 Å². The Morgan fingerprint density at radius 2 is 1.77 bits per heavy atom. The van der Waals surface area contributed by atoms with Gasteiger partial charge in [0.15, 0.2) is 9.84 Å². The van der Waals surface area contributed by atoms with Crippen LogP contribution in [0.2, 0.25) is 0 Å². The third kappa shape index (κ3) is 4.15. The Labute approximate surface area is 151 Å². The van der Waals surface area contributed by atoms with E-state index in [0.29, 0.717) is 17.9 Å². The molecular weight excluding hydrogens is 354 g/mol. The van der Waals surface area contributed by atoms with E-state index in [-0.39, 0.29) is 16.8 Å². The Bertz CT molecular complexity index is 1040. The van der Waals surface area contributed by atoms with Gasteiger partial charge in [0, 0.05) is 11.8 Å². The number of aryl methyl sites for hydroxylation is 1. The number of carbonyl (C=O) groups excluding carboxylic acids is 1. The molecule has 0 aliphatic heterocycles. The van der Waals surface area contributed by atoms with Crippen LogP contribution in [-0.2, 0) is 16.3 Å². The Morgan fingerprint density at radius 1 is 1.08 bits per heavy atom. The van der Waals surface area contributed by atoms with Crippen molar-refractivity contribution >= 4 is 21.8 Å². The van der Waals surface area contributed by atoms with Gasteiger partial charge in [0.1, 0.15) is 0 Å². The first-order valence-corrected chi connectivity index (χ1v) is 9.70. The highest BCUT2D eigenvalue weighted by Crippen LogP contribution is 2.16. The van der Waals surface area contributed by atoms with Gasteiger partial charge in [-0.2, -0.15) is 0 Å². The second-order valence-corrected chi connectivity index (χ2v) is 7.88. The lowest BCUT2D eigenvalue weighted by molar-refractivity contribution is 0.102. The second-order valence-electron chi connectivity index (χ2n) is 5.86. The van der Waals surface area contributed by atoms with Crippen molar-refractivity contribution in [1.29, 1.82) is 0 Å². The van der Waals surface area contributed by atoms with E-state index in [9.17, 15) is 13.2 Å². The maximum absolute atomic E-state index is 12.2. The SMILES string of the molecule is Cc1ccccc1C(=O)Nc1nnc(Cc2ccc(S(C)(=O)=O)cc2)o1. The summed E-state index contributed by atoms with van der Waals surface area (Å²) < 4.78 is 28.4. The molecule has 0 aliphatic carbocycles. The first-order valence-electron chi connectivity index (χ1n) is 7.81. The molecule has 2 aromatic carbocycles. The van der Waals surface area contributed by atoms with Gasteiger partial charge < -0.3 is 4.42 Å². The highest BCUT2D eigenvalue weighted by Gasteiger charge is 2.14. The molecule has 0 radical (unpaired) electrons. The maximum atomic E-state index is 12.2. The Morgan fingerprint density at radius 3 is 2.42 bits per heavy atom. The summed E-state index contributed by atoms with van der Waals surface area (Å²) in [5, 5.41) is 10.3.